The van der Waals surface area contributed by atoms with Crippen LogP contribution in [0.1, 0.15) is 0 Å². The van der Waals surface area contributed by atoms with E-state index in [0.29, 0.717) is 0 Å². The van der Waals surface area contributed by atoms with Gasteiger partial charge in [0.25, 0.3) is 10.1 Å². The fourth-order valence-electron chi connectivity index (χ4n) is 1.94. The van der Waals surface area contributed by atoms with Crippen molar-refractivity contribution in [3.8, 4) is 11.1 Å². The Balaban J connectivity index is 0.000000168. The molecule has 3 aromatic rings. The van der Waals surface area contributed by atoms with Crippen LogP contribution in [0, 0.1) is 0 Å². The predicted molar refractivity (Wildman–Crippen MR) is 97.5 cm³/mol. The Morgan fingerprint density at radius 2 is 1.17 bits per heavy atom. The standard InChI is InChI=1S/C12H10.C6H7O3PS/c1-3-7-11(8-4-1)12-9-5-2-6-10-12;7-11(8,9)6-3-1-2-5(10)4-6/h1-10H;1-4H,10H2,(H,7,8,9). The minimum absolute atomic E-state index is 0.0787. The monoisotopic (exact) mass is 344 g/mol. The molecule has 23 heavy (non-hydrogen) atoms. The van der Waals surface area contributed by atoms with Gasteiger partial charge in [0.2, 0.25) is 0 Å². The van der Waals surface area contributed by atoms with Crippen molar-refractivity contribution in [2.24, 2.45) is 0 Å². The second kappa shape index (κ2) is 8.02. The molecule has 1 N–H and O–H groups in total. The van der Waals surface area contributed by atoms with Gasteiger partial charge in [0.15, 0.2) is 0 Å². The first kappa shape index (κ1) is 17.4. The summed E-state index contributed by atoms with van der Waals surface area (Å²) in [5, 5.41) is 0.722. The first-order chi connectivity index (χ1) is 11.0. The van der Waals surface area contributed by atoms with Crippen LogP contribution >= 0.6 is 9.24 Å². The quantitative estimate of drug-likeness (QED) is 0.568. The van der Waals surface area contributed by atoms with Crippen LogP contribution in [0.25, 0.3) is 11.1 Å². The van der Waals surface area contributed by atoms with E-state index in [-0.39, 0.29) is 4.90 Å². The lowest BCUT2D eigenvalue weighted by Crippen LogP contribution is -2.01. The molecule has 0 saturated heterocycles. The summed E-state index contributed by atoms with van der Waals surface area (Å²) in [7, 11) is -1.69. The molecule has 3 aromatic carbocycles. The zero-order valence-electron chi connectivity index (χ0n) is 12.3. The summed E-state index contributed by atoms with van der Waals surface area (Å²) >= 11 is 0. The van der Waals surface area contributed by atoms with Gasteiger partial charge < -0.3 is 0 Å². The molecule has 0 amide bonds. The van der Waals surface area contributed by atoms with E-state index in [2.05, 4.69) is 57.8 Å². The fraction of sp³-hybridized carbons (Fsp3) is 0. The first-order valence-corrected chi connectivity index (χ1v) is 8.92. The summed E-state index contributed by atoms with van der Waals surface area (Å²) in [6.07, 6.45) is 0. The van der Waals surface area contributed by atoms with E-state index in [1.54, 1.807) is 12.1 Å². The van der Waals surface area contributed by atoms with Gasteiger partial charge in [0.05, 0.1) is 4.90 Å². The van der Waals surface area contributed by atoms with Crippen molar-refractivity contribution in [2.45, 2.75) is 4.90 Å². The minimum atomic E-state index is -4.04. The maximum Gasteiger partial charge on any atom is 0.294 e. The van der Waals surface area contributed by atoms with Gasteiger partial charge in [0, 0.05) is 0 Å². The Morgan fingerprint density at radius 3 is 1.52 bits per heavy atom. The molecule has 3 rings (SSSR count). The average molecular weight is 344 g/mol. The minimum Gasteiger partial charge on any atom is -0.282 e. The number of rotatable bonds is 2. The summed E-state index contributed by atoms with van der Waals surface area (Å²) in [6, 6.07) is 26.8. The molecule has 0 heterocycles. The van der Waals surface area contributed by atoms with Crippen LogP contribution in [0.15, 0.2) is 89.8 Å². The third kappa shape index (κ3) is 5.61. The molecular weight excluding hydrogens is 327 g/mol. The lowest BCUT2D eigenvalue weighted by molar-refractivity contribution is 0.483. The van der Waals surface area contributed by atoms with Crippen LogP contribution in [0.2, 0.25) is 0 Å². The van der Waals surface area contributed by atoms with Crippen LogP contribution in [-0.4, -0.2) is 13.0 Å². The molecule has 0 fully saturated rings. The second-order valence-electron chi connectivity index (χ2n) is 4.78. The highest BCUT2D eigenvalue weighted by molar-refractivity contribution is 7.85. The molecule has 0 saturated carbocycles. The summed E-state index contributed by atoms with van der Waals surface area (Å²) < 4.78 is 29.6. The average Bonchev–Trinajstić information content (AvgIpc) is 2.56. The molecule has 0 radical (unpaired) electrons. The maximum atomic E-state index is 10.5. The molecular formula is C18H17O3PS. The third-order valence-electron chi connectivity index (χ3n) is 3.04. The van der Waals surface area contributed by atoms with Crippen molar-refractivity contribution in [1.29, 1.82) is 0 Å². The van der Waals surface area contributed by atoms with Gasteiger partial charge in [-0.2, -0.15) is 8.42 Å². The largest absolute Gasteiger partial charge is 0.294 e. The molecule has 1 atom stereocenters. The highest BCUT2D eigenvalue weighted by Gasteiger charge is 2.07. The first-order valence-electron chi connectivity index (χ1n) is 6.90. The van der Waals surface area contributed by atoms with Crippen molar-refractivity contribution in [1.82, 2.24) is 0 Å². The number of hydrogen-bond acceptors (Lipinski definition) is 2. The molecule has 0 aromatic heterocycles. The number of benzene rings is 3. The summed E-state index contributed by atoms with van der Waals surface area (Å²) in [6.45, 7) is 0. The molecule has 0 aliphatic rings. The van der Waals surface area contributed by atoms with E-state index >= 15 is 0 Å². The van der Waals surface area contributed by atoms with E-state index in [4.69, 9.17) is 4.55 Å². The lowest BCUT2D eigenvalue weighted by Gasteiger charge is -1.98. The fourth-order valence-corrected chi connectivity index (χ4v) is 2.88. The SMILES string of the molecule is O=S(=O)(O)c1cccc(P)c1.c1ccc(-c2ccccc2)cc1. The molecule has 118 valence electrons. The Morgan fingerprint density at radius 1 is 0.696 bits per heavy atom. The molecule has 5 heteroatoms. The van der Waals surface area contributed by atoms with E-state index in [0.717, 1.165) is 5.30 Å². The smallest absolute Gasteiger partial charge is 0.282 e. The Bertz CT molecular complexity index is 810. The molecule has 0 aliphatic carbocycles. The van der Waals surface area contributed by atoms with Crippen molar-refractivity contribution >= 4 is 24.7 Å². The Labute approximate surface area is 139 Å². The van der Waals surface area contributed by atoms with Crippen LogP contribution in [0.4, 0.5) is 0 Å². The Hall–Kier alpha value is -2.00. The zero-order chi connectivity index (χ0) is 16.7. The van der Waals surface area contributed by atoms with Crippen LogP contribution in [0.5, 0.6) is 0 Å². The topological polar surface area (TPSA) is 54.4 Å². The lowest BCUT2D eigenvalue weighted by atomic mass is 10.1. The van der Waals surface area contributed by atoms with Gasteiger partial charge in [-0.1, -0.05) is 72.8 Å². The van der Waals surface area contributed by atoms with Crippen LogP contribution < -0.4 is 5.30 Å². The van der Waals surface area contributed by atoms with Crippen LogP contribution in [-0.2, 0) is 10.1 Å². The Kier molecular flexibility index (Phi) is 6.05. The van der Waals surface area contributed by atoms with Gasteiger partial charge in [-0.15, -0.1) is 9.24 Å². The molecule has 3 nitrogen and oxygen atoms in total. The van der Waals surface area contributed by atoms with Gasteiger partial charge in [-0.25, -0.2) is 0 Å². The van der Waals surface area contributed by atoms with E-state index in [1.807, 2.05) is 12.1 Å². The van der Waals surface area contributed by atoms with Crippen LogP contribution in [0.3, 0.4) is 0 Å². The highest BCUT2D eigenvalue weighted by Crippen LogP contribution is 2.17. The maximum absolute atomic E-state index is 10.5. The summed E-state index contributed by atoms with van der Waals surface area (Å²) in [5.74, 6) is 0. The predicted octanol–water partition coefficient (Wildman–Crippen LogP) is 3.79. The molecule has 1 unspecified atom stereocenters. The summed E-state index contributed by atoms with van der Waals surface area (Å²) in [5.41, 5.74) is 2.55. The van der Waals surface area contributed by atoms with Crippen molar-refractivity contribution in [3.63, 3.8) is 0 Å². The molecule has 0 bridgehead atoms. The van der Waals surface area contributed by atoms with Gasteiger partial charge in [-0.05, 0) is 28.6 Å². The molecule has 0 spiro atoms. The zero-order valence-corrected chi connectivity index (χ0v) is 14.3. The van der Waals surface area contributed by atoms with Crippen molar-refractivity contribution in [2.75, 3.05) is 0 Å². The van der Waals surface area contributed by atoms with Gasteiger partial charge in [-0.3, -0.25) is 4.55 Å². The van der Waals surface area contributed by atoms with Gasteiger partial charge in [0.1, 0.15) is 0 Å². The van der Waals surface area contributed by atoms with Gasteiger partial charge >= 0.3 is 0 Å². The van der Waals surface area contributed by atoms with E-state index < -0.39 is 10.1 Å². The second-order valence-corrected chi connectivity index (χ2v) is 6.87. The third-order valence-corrected chi connectivity index (χ3v) is 4.25. The summed E-state index contributed by atoms with van der Waals surface area (Å²) in [4.78, 5) is -0.0787. The number of hydrogen-bond donors (Lipinski definition) is 1. The van der Waals surface area contributed by atoms with E-state index in [9.17, 15) is 8.42 Å². The normalized spacial score (nSPS) is 10.5. The highest BCUT2D eigenvalue weighted by atomic mass is 32.2. The van der Waals surface area contributed by atoms with Crippen molar-refractivity contribution < 1.29 is 13.0 Å². The van der Waals surface area contributed by atoms with E-state index in [1.165, 1.54) is 23.3 Å². The molecule has 0 aliphatic heterocycles. The van der Waals surface area contributed by atoms with Crippen molar-refractivity contribution in [3.05, 3.63) is 84.9 Å².